The predicted molar refractivity (Wildman–Crippen MR) is 70.8 cm³/mol. The lowest BCUT2D eigenvalue weighted by Gasteiger charge is -2.08. The van der Waals surface area contributed by atoms with Crippen LogP contribution in [0.5, 0.6) is 0 Å². The lowest BCUT2D eigenvalue weighted by molar-refractivity contribution is 0.390. The molecule has 0 atom stereocenters. The Bertz CT molecular complexity index is 705. The SMILES string of the molecule is Cc1cc(NS(=O)(=O)c2c(C)noc2C)cnc1Cl. The summed E-state index contributed by atoms with van der Waals surface area (Å²) in [5.74, 6) is 0.239. The average Bonchev–Trinajstić information content (AvgIpc) is 2.64. The number of anilines is 1. The van der Waals surface area contributed by atoms with Gasteiger partial charge in [0, 0.05) is 0 Å². The Kier molecular flexibility index (Phi) is 3.51. The molecule has 0 aliphatic carbocycles. The minimum absolute atomic E-state index is 0.0418. The van der Waals surface area contributed by atoms with Crippen molar-refractivity contribution in [1.29, 1.82) is 0 Å². The van der Waals surface area contributed by atoms with Crippen molar-refractivity contribution in [2.45, 2.75) is 25.7 Å². The molecule has 19 heavy (non-hydrogen) atoms. The summed E-state index contributed by atoms with van der Waals surface area (Å²) in [6.45, 7) is 4.85. The molecule has 0 aliphatic heterocycles. The molecular weight excluding hydrogens is 290 g/mol. The van der Waals surface area contributed by atoms with Gasteiger partial charge in [-0.15, -0.1) is 0 Å². The average molecular weight is 302 g/mol. The molecule has 0 aliphatic rings. The number of sulfonamides is 1. The quantitative estimate of drug-likeness (QED) is 0.880. The van der Waals surface area contributed by atoms with Gasteiger partial charge in [-0.3, -0.25) is 4.72 Å². The van der Waals surface area contributed by atoms with E-state index < -0.39 is 10.0 Å². The van der Waals surface area contributed by atoms with E-state index in [0.29, 0.717) is 22.1 Å². The van der Waals surface area contributed by atoms with E-state index in [0.717, 1.165) is 0 Å². The zero-order valence-corrected chi connectivity index (χ0v) is 12.1. The largest absolute Gasteiger partial charge is 0.360 e. The maximum Gasteiger partial charge on any atom is 0.267 e. The van der Waals surface area contributed by atoms with Crippen LogP contribution in [0.15, 0.2) is 21.7 Å². The number of halogens is 1. The second-order valence-corrected chi connectivity index (χ2v) is 6.07. The minimum Gasteiger partial charge on any atom is -0.360 e. The monoisotopic (exact) mass is 301 g/mol. The Hall–Kier alpha value is -1.60. The van der Waals surface area contributed by atoms with Crippen LogP contribution in [0.1, 0.15) is 17.0 Å². The van der Waals surface area contributed by atoms with E-state index in [1.165, 1.54) is 6.20 Å². The second kappa shape index (κ2) is 4.82. The molecular formula is C11H12ClN3O3S. The van der Waals surface area contributed by atoms with E-state index in [2.05, 4.69) is 14.9 Å². The van der Waals surface area contributed by atoms with Crippen molar-refractivity contribution in [2.24, 2.45) is 0 Å². The van der Waals surface area contributed by atoms with Gasteiger partial charge >= 0.3 is 0 Å². The summed E-state index contributed by atoms with van der Waals surface area (Å²) in [4.78, 5) is 3.93. The maximum absolute atomic E-state index is 12.2. The maximum atomic E-state index is 12.2. The molecule has 0 fully saturated rings. The Morgan fingerprint density at radius 2 is 2.00 bits per heavy atom. The first-order valence-electron chi connectivity index (χ1n) is 5.39. The standard InChI is InChI=1S/C11H12ClN3O3S/c1-6-4-9(5-13-11(6)12)15-19(16,17)10-7(2)14-18-8(10)3/h4-5,15H,1-3H3. The number of aryl methyl sites for hydroxylation is 3. The van der Waals surface area contributed by atoms with Gasteiger partial charge in [0.05, 0.1) is 11.9 Å². The molecule has 0 amide bonds. The fourth-order valence-electron chi connectivity index (χ4n) is 1.68. The lowest BCUT2D eigenvalue weighted by Crippen LogP contribution is -2.14. The molecule has 2 heterocycles. The first kappa shape index (κ1) is 13.8. The van der Waals surface area contributed by atoms with Crippen molar-refractivity contribution >= 4 is 27.3 Å². The third kappa shape index (κ3) is 2.71. The van der Waals surface area contributed by atoms with Crippen molar-refractivity contribution < 1.29 is 12.9 Å². The third-order valence-corrected chi connectivity index (χ3v) is 4.52. The van der Waals surface area contributed by atoms with Crippen molar-refractivity contribution in [3.63, 3.8) is 0 Å². The van der Waals surface area contributed by atoms with Gasteiger partial charge in [0.25, 0.3) is 10.0 Å². The highest BCUT2D eigenvalue weighted by molar-refractivity contribution is 7.92. The predicted octanol–water partition coefficient (Wildman–Crippen LogP) is 2.45. The molecule has 0 aromatic carbocycles. The molecule has 8 heteroatoms. The number of hydrogen-bond donors (Lipinski definition) is 1. The summed E-state index contributed by atoms with van der Waals surface area (Å²) in [6, 6.07) is 1.60. The first-order chi connectivity index (χ1) is 8.81. The molecule has 2 aromatic heterocycles. The molecule has 0 saturated carbocycles. The third-order valence-electron chi connectivity index (χ3n) is 2.50. The Morgan fingerprint density at radius 1 is 1.32 bits per heavy atom. The van der Waals surface area contributed by atoms with Crippen LogP contribution < -0.4 is 4.72 Å². The Labute approximate surface area is 115 Å². The van der Waals surface area contributed by atoms with Gasteiger partial charge in [0.2, 0.25) is 0 Å². The minimum atomic E-state index is -3.75. The zero-order valence-electron chi connectivity index (χ0n) is 10.6. The molecule has 0 saturated heterocycles. The summed E-state index contributed by atoms with van der Waals surface area (Å²) >= 11 is 5.79. The van der Waals surface area contributed by atoms with Gasteiger partial charge in [-0.2, -0.15) is 0 Å². The fraction of sp³-hybridized carbons (Fsp3) is 0.273. The smallest absolute Gasteiger partial charge is 0.267 e. The van der Waals surface area contributed by atoms with Crippen LogP contribution in [0.25, 0.3) is 0 Å². The van der Waals surface area contributed by atoms with Gasteiger partial charge in [-0.25, -0.2) is 13.4 Å². The van der Waals surface area contributed by atoms with Crippen LogP contribution in [0.2, 0.25) is 5.15 Å². The van der Waals surface area contributed by atoms with Gasteiger partial charge in [0.1, 0.15) is 10.8 Å². The van der Waals surface area contributed by atoms with E-state index in [1.54, 1.807) is 26.8 Å². The highest BCUT2D eigenvalue weighted by Gasteiger charge is 2.24. The lowest BCUT2D eigenvalue weighted by atomic mass is 10.3. The molecule has 6 nitrogen and oxygen atoms in total. The zero-order chi connectivity index (χ0) is 14.2. The highest BCUT2D eigenvalue weighted by Crippen LogP contribution is 2.23. The van der Waals surface area contributed by atoms with E-state index in [9.17, 15) is 8.42 Å². The van der Waals surface area contributed by atoms with Crippen LogP contribution in [0, 0.1) is 20.8 Å². The Balaban J connectivity index is 2.39. The molecule has 2 rings (SSSR count). The van der Waals surface area contributed by atoms with Crippen molar-refractivity contribution in [3.05, 3.63) is 34.4 Å². The van der Waals surface area contributed by atoms with Crippen LogP contribution in [0.4, 0.5) is 5.69 Å². The molecule has 0 bridgehead atoms. The van der Waals surface area contributed by atoms with Crippen molar-refractivity contribution in [2.75, 3.05) is 4.72 Å². The molecule has 1 N–H and O–H groups in total. The number of rotatable bonds is 3. The van der Waals surface area contributed by atoms with Crippen LogP contribution in [-0.4, -0.2) is 18.6 Å². The number of nitrogens with one attached hydrogen (secondary N) is 1. The summed E-state index contributed by atoms with van der Waals surface area (Å²) in [5.41, 5.74) is 1.33. The second-order valence-electron chi connectivity index (χ2n) is 4.09. The van der Waals surface area contributed by atoms with Crippen LogP contribution in [0.3, 0.4) is 0 Å². The number of pyridine rings is 1. The van der Waals surface area contributed by atoms with Gasteiger partial charge in [0.15, 0.2) is 10.7 Å². The van der Waals surface area contributed by atoms with E-state index >= 15 is 0 Å². The first-order valence-corrected chi connectivity index (χ1v) is 7.25. The number of nitrogens with zero attached hydrogens (tertiary/aromatic N) is 2. The normalized spacial score (nSPS) is 11.6. The summed E-state index contributed by atoms with van der Waals surface area (Å²) in [5, 5.41) is 3.96. The van der Waals surface area contributed by atoms with Crippen LogP contribution in [-0.2, 0) is 10.0 Å². The molecule has 2 aromatic rings. The van der Waals surface area contributed by atoms with E-state index in [4.69, 9.17) is 16.1 Å². The summed E-state index contributed by atoms with van der Waals surface area (Å²) in [6.07, 6.45) is 1.35. The van der Waals surface area contributed by atoms with Crippen molar-refractivity contribution in [1.82, 2.24) is 10.1 Å². The molecule has 0 unspecified atom stereocenters. The molecule has 0 radical (unpaired) electrons. The molecule has 102 valence electrons. The van der Waals surface area contributed by atoms with Gasteiger partial charge < -0.3 is 4.52 Å². The summed E-state index contributed by atoms with van der Waals surface area (Å²) in [7, 11) is -3.75. The molecule has 0 spiro atoms. The highest BCUT2D eigenvalue weighted by atomic mass is 35.5. The fourth-order valence-corrected chi connectivity index (χ4v) is 3.15. The van der Waals surface area contributed by atoms with E-state index in [1.807, 2.05) is 0 Å². The van der Waals surface area contributed by atoms with E-state index in [-0.39, 0.29) is 10.7 Å². The van der Waals surface area contributed by atoms with Gasteiger partial charge in [-0.05, 0) is 32.4 Å². The van der Waals surface area contributed by atoms with Gasteiger partial charge in [-0.1, -0.05) is 16.8 Å². The van der Waals surface area contributed by atoms with Crippen LogP contribution >= 0.6 is 11.6 Å². The topological polar surface area (TPSA) is 85.1 Å². The van der Waals surface area contributed by atoms with Crippen molar-refractivity contribution in [3.8, 4) is 0 Å². The number of aromatic nitrogens is 2. The Morgan fingerprint density at radius 3 is 2.53 bits per heavy atom. The number of hydrogen-bond acceptors (Lipinski definition) is 5. The summed E-state index contributed by atoms with van der Waals surface area (Å²) < 4.78 is 31.7.